The lowest BCUT2D eigenvalue weighted by molar-refractivity contribution is -0.384. The standard InChI is InChI=1S/C13H15N5O3.ClH/c14-13(6-3-7-13)12-16-11(21-17-12)8-15-9-4-1-2-5-10(9)18(19)20;/h1-2,4-5,15H,3,6-8,14H2;1H. The van der Waals surface area contributed by atoms with Crippen LogP contribution < -0.4 is 11.1 Å². The van der Waals surface area contributed by atoms with Crippen LogP contribution in [0.15, 0.2) is 28.8 Å². The van der Waals surface area contributed by atoms with Gasteiger partial charge in [-0.15, -0.1) is 12.4 Å². The lowest BCUT2D eigenvalue weighted by Gasteiger charge is -2.34. The molecule has 1 aromatic heterocycles. The summed E-state index contributed by atoms with van der Waals surface area (Å²) in [5.74, 6) is 0.869. The summed E-state index contributed by atoms with van der Waals surface area (Å²) in [5, 5.41) is 17.7. The average molecular weight is 326 g/mol. The highest BCUT2D eigenvalue weighted by Crippen LogP contribution is 2.36. The summed E-state index contributed by atoms with van der Waals surface area (Å²) in [6, 6.07) is 6.40. The van der Waals surface area contributed by atoms with Crippen LogP contribution in [0, 0.1) is 10.1 Å². The summed E-state index contributed by atoms with van der Waals surface area (Å²) < 4.78 is 5.14. The molecule has 1 fully saturated rings. The highest BCUT2D eigenvalue weighted by Gasteiger charge is 2.38. The number of nitro groups is 1. The maximum Gasteiger partial charge on any atom is 0.292 e. The fraction of sp³-hybridized carbons (Fsp3) is 0.385. The quantitative estimate of drug-likeness (QED) is 0.639. The predicted octanol–water partition coefficient (Wildman–Crippen LogP) is 2.35. The molecule has 2 aromatic rings. The third kappa shape index (κ3) is 3.02. The molecule has 1 saturated carbocycles. The zero-order valence-electron chi connectivity index (χ0n) is 11.7. The fourth-order valence-electron chi connectivity index (χ4n) is 2.26. The number of aromatic nitrogens is 2. The molecule has 0 spiro atoms. The molecule has 9 heteroatoms. The molecule has 0 radical (unpaired) electrons. The van der Waals surface area contributed by atoms with Crippen molar-refractivity contribution in [1.82, 2.24) is 10.1 Å². The van der Waals surface area contributed by atoms with Crippen molar-refractivity contribution in [2.75, 3.05) is 5.32 Å². The maximum absolute atomic E-state index is 10.9. The molecule has 0 bridgehead atoms. The summed E-state index contributed by atoms with van der Waals surface area (Å²) in [7, 11) is 0. The van der Waals surface area contributed by atoms with E-state index < -0.39 is 10.5 Å². The first kappa shape index (κ1) is 16.2. The molecule has 0 atom stereocenters. The predicted molar refractivity (Wildman–Crippen MR) is 81.7 cm³/mol. The van der Waals surface area contributed by atoms with Crippen LogP contribution >= 0.6 is 12.4 Å². The number of rotatable bonds is 5. The molecule has 0 amide bonds. The number of benzene rings is 1. The van der Waals surface area contributed by atoms with Crippen molar-refractivity contribution < 1.29 is 9.45 Å². The van der Waals surface area contributed by atoms with E-state index in [-0.39, 0.29) is 24.6 Å². The van der Waals surface area contributed by atoms with Crippen LogP contribution in [0.2, 0.25) is 0 Å². The largest absolute Gasteiger partial charge is 0.371 e. The van der Waals surface area contributed by atoms with Crippen LogP contribution in [-0.4, -0.2) is 15.1 Å². The number of nitrogens with two attached hydrogens (primary N) is 1. The zero-order valence-corrected chi connectivity index (χ0v) is 12.5. The molecule has 0 saturated heterocycles. The molecule has 1 aliphatic rings. The van der Waals surface area contributed by atoms with Gasteiger partial charge in [-0.3, -0.25) is 10.1 Å². The highest BCUT2D eigenvalue weighted by molar-refractivity contribution is 5.85. The Morgan fingerprint density at radius 1 is 1.41 bits per heavy atom. The van der Waals surface area contributed by atoms with Gasteiger partial charge in [-0.1, -0.05) is 17.3 Å². The van der Waals surface area contributed by atoms with Gasteiger partial charge in [-0.2, -0.15) is 4.98 Å². The molecule has 0 unspecified atom stereocenters. The second-order valence-corrected chi connectivity index (χ2v) is 5.15. The number of para-hydroxylation sites is 2. The van der Waals surface area contributed by atoms with Gasteiger partial charge in [0, 0.05) is 6.07 Å². The molecular weight excluding hydrogens is 310 g/mol. The summed E-state index contributed by atoms with van der Waals surface area (Å²) in [6.07, 6.45) is 2.77. The molecule has 22 heavy (non-hydrogen) atoms. The Morgan fingerprint density at radius 2 is 2.14 bits per heavy atom. The summed E-state index contributed by atoms with van der Waals surface area (Å²) in [4.78, 5) is 14.7. The van der Waals surface area contributed by atoms with Crippen LogP contribution in [0.4, 0.5) is 11.4 Å². The van der Waals surface area contributed by atoms with Crippen molar-refractivity contribution in [2.24, 2.45) is 5.73 Å². The molecule has 1 aliphatic carbocycles. The van der Waals surface area contributed by atoms with Gasteiger partial charge in [0.15, 0.2) is 5.82 Å². The highest BCUT2D eigenvalue weighted by atomic mass is 35.5. The lowest BCUT2D eigenvalue weighted by Crippen LogP contribution is -2.44. The molecule has 3 N–H and O–H groups in total. The van der Waals surface area contributed by atoms with Crippen molar-refractivity contribution in [1.29, 1.82) is 0 Å². The van der Waals surface area contributed by atoms with Gasteiger partial charge in [-0.25, -0.2) is 0 Å². The molecule has 0 aliphatic heterocycles. The molecule has 1 aromatic carbocycles. The third-order valence-electron chi connectivity index (χ3n) is 3.69. The van der Waals surface area contributed by atoms with Gasteiger partial charge in [0.05, 0.1) is 17.0 Å². The second-order valence-electron chi connectivity index (χ2n) is 5.15. The van der Waals surface area contributed by atoms with E-state index in [9.17, 15) is 10.1 Å². The Labute approximate surface area is 132 Å². The Balaban J connectivity index is 0.00000176. The van der Waals surface area contributed by atoms with Crippen molar-refractivity contribution in [3.05, 3.63) is 46.1 Å². The molecular formula is C13H16ClN5O3. The average Bonchev–Trinajstić information content (AvgIpc) is 2.92. The Morgan fingerprint density at radius 3 is 2.77 bits per heavy atom. The minimum atomic E-state index is -0.472. The molecule has 8 nitrogen and oxygen atoms in total. The number of halogens is 1. The van der Waals surface area contributed by atoms with E-state index in [0.717, 1.165) is 19.3 Å². The van der Waals surface area contributed by atoms with E-state index in [2.05, 4.69) is 15.5 Å². The SMILES string of the molecule is Cl.NC1(c2noc(CNc3ccccc3[N+](=O)[O-])n2)CCC1. The van der Waals surface area contributed by atoms with Crippen LogP contribution in [0.1, 0.15) is 31.0 Å². The monoisotopic (exact) mass is 325 g/mol. The van der Waals surface area contributed by atoms with Crippen LogP contribution in [0.25, 0.3) is 0 Å². The van der Waals surface area contributed by atoms with E-state index in [1.807, 2.05) is 0 Å². The number of nitrogens with one attached hydrogen (secondary N) is 1. The van der Waals surface area contributed by atoms with E-state index in [4.69, 9.17) is 10.3 Å². The van der Waals surface area contributed by atoms with Crippen molar-refractivity contribution in [3.8, 4) is 0 Å². The first-order valence-electron chi connectivity index (χ1n) is 6.68. The number of anilines is 1. The summed E-state index contributed by atoms with van der Waals surface area (Å²) >= 11 is 0. The first-order chi connectivity index (χ1) is 10.1. The van der Waals surface area contributed by atoms with Gasteiger partial charge in [0.2, 0.25) is 5.89 Å². The summed E-state index contributed by atoms with van der Waals surface area (Å²) in [6.45, 7) is 0.216. The molecule has 118 valence electrons. The maximum atomic E-state index is 10.9. The lowest BCUT2D eigenvalue weighted by atomic mass is 9.77. The normalized spacial score (nSPS) is 15.5. The van der Waals surface area contributed by atoms with Gasteiger partial charge in [0.25, 0.3) is 5.69 Å². The summed E-state index contributed by atoms with van der Waals surface area (Å²) in [5.41, 5.74) is 6.06. The smallest absolute Gasteiger partial charge is 0.292 e. The molecule has 1 heterocycles. The number of nitrogens with zero attached hydrogens (tertiary/aromatic N) is 3. The van der Waals surface area contributed by atoms with Gasteiger partial charge in [0.1, 0.15) is 5.69 Å². The first-order valence-corrected chi connectivity index (χ1v) is 6.68. The van der Waals surface area contributed by atoms with Crippen molar-refractivity contribution in [2.45, 2.75) is 31.3 Å². The Bertz CT molecular complexity index is 671. The minimum absolute atomic E-state index is 0. The van der Waals surface area contributed by atoms with Crippen LogP contribution in [0.5, 0.6) is 0 Å². The van der Waals surface area contributed by atoms with Crippen LogP contribution in [-0.2, 0) is 12.1 Å². The van der Waals surface area contributed by atoms with Gasteiger partial charge in [-0.05, 0) is 25.3 Å². The second kappa shape index (κ2) is 6.29. The number of nitro benzene ring substituents is 1. The van der Waals surface area contributed by atoms with E-state index in [0.29, 0.717) is 17.4 Å². The van der Waals surface area contributed by atoms with Crippen LogP contribution in [0.3, 0.4) is 0 Å². The van der Waals surface area contributed by atoms with E-state index in [1.54, 1.807) is 18.2 Å². The minimum Gasteiger partial charge on any atom is -0.371 e. The topological polar surface area (TPSA) is 120 Å². The van der Waals surface area contributed by atoms with Crippen molar-refractivity contribution >= 4 is 23.8 Å². The Hall–Kier alpha value is -2.19. The number of hydrogen-bond donors (Lipinski definition) is 2. The number of hydrogen-bond acceptors (Lipinski definition) is 7. The molecule has 3 rings (SSSR count). The van der Waals surface area contributed by atoms with E-state index >= 15 is 0 Å². The van der Waals surface area contributed by atoms with Crippen molar-refractivity contribution in [3.63, 3.8) is 0 Å². The van der Waals surface area contributed by atoms with Gasteiger partial charge < -0.3 is 15.6 Å². The van der Waals surface area contributed by atoms with E-state index in [1.165, 1.54) is 6.07 Å². The zero-order chi connectivity index (χ0) is 14.9. The fourth-order valence-corrected chi connectivity index (χ4v) is 2.26. The Kier molecular flexibility index (Phi) is 4.62. The van der Waals surface area contributed by atoms with Gasteiger partial charge >= 0.3 is 0 Å². The third-order valence-corrected chi connectivity index (χ3v) is 3.69.